The van der Waals surface area contributed by atoms with E-state index >= 15 is 0 Å². The Labute approximate surface area is 111 Å². The fraction of sp³-hybridized carbons (Fsp3) is 0.583. The number of hydrogen-bond acceptors (Lipinski definition) is 3. The molecule has 0 fully saturated rings. The number of nitrogens with one attached hydrogen (secondary N) is 1. The zero-order chi connectivity index (χ0) is 12.0. The Morgan fingerprint density at radius 2 is 2.19 bits per heavy atom. The Balaban J connectivity index is 2.53. The Morgan fingerprint density at radius 1 is 1.44 bits per heavy atom. The van der Waals surface area contributed by atoms with E-state index in [0.717, 1.165) is 16.7 Å². The van der Waals surface area contributed by atoms with E-state index in [1.54, 1.807) is 7.11 Å². The highest BCUT2D eigenvalue weighted by Gasteiger charge is 2.10. The number of hydrogen-bond donors (Lipinski definition) is 1. The molecule has 0 aliphatic heterocycles. The van der Waals surface area contributed by atoms with Crippen LogP contribution < -0.4 is 10.1 Å². The topological polar surface area (TPSA) is 34.1 Å². The summed E-state index contributed by atoms with van der Waals surface area (Å²) in [5.41, 5.74) is 1.02. The van der Waals surface area contributed by atoms with Gasteiger partial charge < -0.3 is 10.1 Å². The normalized spacial score (nSPS) is 12.8. The summed E-state index contributed by atoms with van der Waals surface area (Å²) in [5, 5.41) is 3.51. The molecule has 4 heteroatoms. The number of methoxy groups -OCH3 is 1. The molecule has 1 aromatic rings. The van der Waals surface area contributed by atoms with Gasteiger partial charge in [0.2, 0.25) is 5.88 Å². The third-order valence-corrected chi connectivity index (χ3v) is 3.46. The van der Waals surface area contributed by atoms with Crippen LogP contribution in [0.3, 0.4) is 0 Å². The van der Waals surface area contributed by atoms with Gasteiger partial charge in [-0.25, -0.2) is 4.98 Å². The van der Waals surface area contributed by atoms with Gasteiger partial charge in [0.25, 0.3) is 0 Å². The summed E-state index contributed by atoms with van der Waals surface area (Å²) in [5.74, 6) is 1.32. The van der Waals surface area contributed by atoms with Crippen LogP contribution >= 0.6 is 22.6 Å². The fourth-order valence-electron chi connectivity index (χ4n) is 1.37. The Kier molecular flexibility index (Phi) is 6.05. The third-order valence-electron chi connectivity index (χ3n) is 2.51. The maximum Gasteiger partial charge on any atom is 0.213 e. The van der Waals surface area contributed by atoms with Crippen molar-refractivity contribution in [2.45, 2.75) is 26.4 Å². The smallest absolute Gasteiger partial charge is 0.213 e. The Morgan fingerprint density at radius 3 is 2.75 bits per heavy atom. The van der Waals surface area contributed by atoms with Crippen molar-refractivity contribution < 1.29 is 4.74 Å². The van der Waals surface area contributed by atoms with Crippen LogP contribution in [0.5, 0.6) is 5.88 Å². The number of nitrogens with zero attached hydrogens (tertiary/aromatic N) is 1. The van der Waals surface area contributed by atoms with Crippen molar-refractivity contribution in [1.82, 2.24) is 10.3 Å². The molecule has 0 saturated heterocycles. The molecule has 3 nitrogen and oxygen atoms in total. The molecule has 1 rings (SSSR count). The second-order valence-electron chi connectivity index (χ2n) is 4.06. The van der Waals surface area contributed by atoms with Crippen molar-refractivity contribution in [3.63, 3.8) is 0 Å². The van der Waals surface area contributed by atoms with E-state index in [1.807, 2.05) is 18.2 Å². The summed E-state index contributed by atoms with van der Waals surface area (Å²) in [6.07, 6.45) is 0. The van der Waals surface area contributed by atoms with Crippen LogP contribution in [0.1, 0.15) is 19.5 Å². The van der Waals surface area contributed by atoms with E-state index in [2.05, 4.69) is 46.7 Å². The predicted octanol–water partition coefficient (Wildman–Crippen LogP) is 2.64. The summed E-state index contributed by atoms with van der Waals surface area (Å²) < 4.78 is 6.21. The summed E-state index contributed by atoms with van der Waals surface area (Å²) >= 11 is 2.41. The minimum atomic E-state index is 0.536. The van der Waals surface area contributed by atoms with Crippen LogP contribution in [-0.2, 0) is 6.54 Å². The number of pyridine rings is 1. The first-order valence-electron chi connectivity index (χ1n) is 5.46. The zero-order valence-electron chi connectivity index (χ0n) is 10.0. The standard InChI is InChI=1S/C12H19IN2O/c1-9(2)11(7-13)14-8-10-5-4-6-12(15-10)16-3/h4-6,9,11,14H,7-8H2,1-3H3. The maximum absolute atomic E-state index is 5.10. The number of aromatic nitrogens is 1. The van der Waals surface area contributed by atoms with Crippen LogP contribution in [0.2, 0.25) is 0 Å². The van der Waals surface area contributed by atoms with E-state index in [9.17, 15) is 0 Å². The largest absolute Gasteiger partial charge is 0.481 e. The molecule has 1 heterocycles. The van der Waals surface area contributed by atoms with Crippen molar-refractivity contribution in [2.75, 3.05) is 11.5 Å². The van der Waals surface area contributed by atoms with Gasteiger partial charge in [-0.2, -0.15) is 0 Å². The first kappa shape index (κ1) is 13.7. The zero-order valence-corrected chi connectivity index (χ0v) is 12.2. The van der Waals surface area contributed by atoms with Crippen molar-refractivity contribution in [3.05, 3.63) is 23.9 Å². The molecule has 0 aromatic carbocycles. The third kappa shape index (κ3) is 4.25. The average Bonchev–Trinajstić information content (AvgIpc) is 2.29. The molecule has 1 aromatic heterocycles. The van der Waals surface area contributed by atoms with Gasteiger partial charge in [0, 0.05) is 23.1 Å². The Bertz CT molecular complexity index is 318. The molecule has 0 aliphatic rings. The Hall–Kier alpha value is -0.360. The molecular weight excluding hydrogens is 315 g/mol. The predicted molar refractivity (Wildman–Crippen MR) is 75.1 cm³/mol. The van der Waals surface area contributed by atoms with Crippen LogP contribution in [0, 0.1) is 5.92 Å². The molecule has 0 spiro atoms. The van der Waals surface area contributed by atoms with E-state index in [-0.39, 0.29) is 0 Å². The maximum atomic E-state index is 5.10. The first-order valence-corrected chi connectivity index (χ1v) is 6.99. The van der Waals surface area contributed by atoms with E-state index in [1.165, 1.54) is 0 Å². The first-order chi connectivity index (χ1) is 7.67. The fourth-order valence-corrected chi connectivity index (χ4v) is 2.70. The number of ether oxygens (including phenoxy) is 1. The molecule has 0 saturated carbocycles. The van der Waals surface area contributed by atoms with Gasteiger partial charge in [-0.3, -0.25) is 0 Å². The van der Waals surface area contributed by atoms with E-state index in [0.29, 0.717) is 17.8 Å². The van der Waals surface area contributed by atoms with Crippen molar-refractivity contribution >= 4 is 22.6 Å². The lowest BCUT2D eigenvalue weighted by molar-refractivity contribution is 0.392. The highest BCUT2D eigenvalue weighted by Crippen LogP contribution is 2.09. The summed E-state index contributed by atoms with van der Waals surface area (Å²) in [4.78, 5) is 4.37. The lowest BCUT2D eigenvalue weighted by Crippen LogP contribution is -2.34. The minimum Gasteiger partial charge on any atom is -0.481 e. The SMILES string of the molecule is COc1cccc(CNC(CI)C(C)C)n1. The molecule has 16 heavy (non-hydrogen) atoms. The average molecular weight is 334 g/mol. The summed E-state index contributed by atoms with van der Waals surface area (Å²) in [6.45, 7) is 5.26. The molecule has 0 amide bonds. The molecule has 1 unspecified atom stereocenters. The molecule has 90 valence electrons. The molecule has 1 atom stereocenters. The molecular formula is C12H19IN2O. The van der Waals surface area contributed by atoms with Crippen molar-refractivity contribution in [1.29, 1.82) is 0 Å². The summed E-state index contributed by atoms with van der Waals surface area (Å²) in [6, 6.07) is 6.38. The second-order valence-corrected chi connectivity index (χ2v) is 4.94. The summed E-state index contributed by atoms with van der Waals surface area (Å²) in [7, 11) is 1.64. The molecule has 0 bridgehead atoms. The van der Waals surface area contributed by atoms with Crippen LogP contribution in [-0.4, -0.2) is 22.6 Å². The van der Waals surface area contributed by atoms with Gasteiger partial charge in [-0.1, -0.05) is 42.5 Å². The highest BCUT2D eigenvalue weighted by atomic mass is 127. The molecule has 1 N–H and O–H groups in total. The van der Waals surface area contributed by atoms with Gasteiger partial charge in [-0.05, 0) is 12.0 Å². The molecule has 0 aliphatic carbocycles. The lowest BCUT2D eigenvalue weighted by atomic mass is 10.1. The number of rotatable bonds is 6. The van der Waals surface area contributed by atoms with Gasteiger partial charge in [-0.15, -0.1) is 0 Å². The number of halogens is 1. The van der Waals surface area contributed by atoms with Crippen molar-refractivity contribution in [3.8, 4) is 5.88 Å². The van der Waals surface area contributed by atoms with Crippen molar-refractivity contribution in [2.24, 2.45) is 5.92 Å². The second kappa shape index (κ2) is 7.06. The van der Waals surface area contributed by atoms with Gasteiger partial charge in [0.15, 0.2) is 0 Å². The van der Waals surface area contributed by atoms with Crippen LogP contribution in [0.4, 0.5) is 0 Å². The minimum absolute atomic E-state index is 0.536. The number of alkyl halides is 1. The monoisotopic (exact) mass is 334 g/mol. The van der Waals surface area contributed by atoms with Gasteiger partial charge >= 0.3 is 0 Å². The van der Waals surface area contributed by atoms with E-state index < -0.39 is 0 Å². The van der Waals surface area contributed by atoms with E-state index in [4.69, 9.17) is 4.74 Å². The van der Waals surface area contributed by atoms with Gasteiger partial charge in [0.1, 0.15) is 0 Å². The van der Waals surface area contributed by atoms with Crippen LogP contribution in [0.15, 0.2) is 18.2 Å². The van der Waals surface area contributed by atoms with Gasteiger partial charge in [0.05, 0.1) is 12.8 Å². The lowest BCUT2D eigenvalue weighted by Gasteiger charge is -2.19. The van der Waals surface area contributed by atoms with Crippen LogP contribution in [0.25, 0.3) is 0 Å². The quantitative estimate of drug-likeness (QED) is 0.642. The highest BCUT2D eigenvalue weighted by molar-refractivity contribution is 14.1. The molecule has 0 radical (unpaired) electrons.